The molecule has 2 heterocycles. The fourth-order valence-electron chi connectivity index (χ4n) is 1.90. The van der Waals surface area contributed by atoms with Crippen molar-refractivity contribution in [1.82, 2.24) is 15.3 Å². The first-order valence-electron chi connectivity index (χ1n) is 6.33. The number of thiophene rings is 1. The van der Waals surface area contributed by atoms with Crippen molar-refractivity contribution < 1.29 is 14.7 Å². The number of carbonyl (C=O) groups is 2. The number of H-pyrrole nitrogens is 1. The number of carboxylic acid groups (broad SMARTS) is 1. The van der Waals surface area contributed by atoms with Gasteiger partial charge in [0.1, 0.15) is 10.4 Å². The van der Waals surface area contributed by atoms with E-state index in [1.807, 2.05) is 0 Å². The van der Waals surface area contributed by atoms with Crippen molar-refractivity contribution in [2.24, 2.45) is 0 Å². The molecular weight excluding hydrogens is 294 g/mol. The normalized spacial score (nSPS) is 13.9. The Hall–Kier alpha value is -2.22. The molecule has 1 amide bonds. The molecular formula is C13H15N3O4S. The van der Waals surface area contributed by atoms with E-state index < -0.39 is 17.4 Å². The molecule has 0 bridgehead atoms. The summed E-state index contributed by atoms with van der Waals surface area (Å²) in [5.41, 5.74) is -1.16. The van der Waals surface area contributed by atoms with Gasteiger partial charge in [0.15, 0.2) is 0 Å². The van der Waals surface area contributed by atoms with Gasteiger partial charge in [-0.1, -0.05) is 6.92 Å². The summed E-state index contributed by atoms with van der Waals surface area (Å²) in [5.74, 6) is -1.62. The molecule has 0 aliphatic rings. The zero-order valence-electron chi connectivity index (χ0n) is 11.8. The van der Waals surface area contributed by atoms with Gasteiger partial charge < -0.3 is 15.4 Å². The van der Waals surface area contributed by atoms with Gasteiger partial charge >= 0.3 is 5.97 Å². The molecule has 0 spiro atoms. The average Bonchev–Trinajstić information content (AvgIpc) is 2.77. The van der Waals surface area contributed by atoms with Crippen molar-refractivity contribution in [3.8, 4) is 0 Å². The molecule has 8 heteroatoms. The van der Waals surface area contributed by atoms with Crippen LogP contribution in [0.2, 0.25) is 0 Å². The Balaban J connectivity index is 2.46. The number of aromatic amines is 1. The highest BCUT2D eigenvalue weighted by Gasteiger charge is 2.34. The van der Waals surface area contributed by atoms with Crippen molar-refractivity contribution in [2.75, 3.05) is 0 Å². The third-order valence-electron chi connectivity index (χ3n) is 3.51. The Morgan fingerprint density at radius 3 is 2.71 bits per heavy atom. The molecule has 0 aromatic carbocycles. The number of hydrogen-bond acceptors (Lipinski definition) is 5. The van der Waals surface area contributed by atoms with E-state index in [9.17, 15) is 19.5 Å². The SMILES string of the molecule is CCC(C)(NC(=O)c1sc2nc[nH]c(=O)c2c1C)C(=O)O. The van der Waals surface area contributed by atoms with Crippen LogP contribution < -0.4 is 10.9 Å². The second kappa shape index (κ2) is 5.28. The second-order valence-corrected chi connectivity index (χ2v) is 5.91. The van der Waals surface area contributed by atoms with E-state index in [4.69, 9.17) is 0 Å². The van der Waals surface area contributed by atoms with Gasteiger partial charge in [-0.05, 0) is 25.8 Å². The van der Waals surface area contributed by atoms with Crippen molar-refractivity contribution >= 4 is 33.4 Å². The van der Waals surface area contributed by atoms with E-state index in [0.717, 1.165) is 11.3 Å². The summed E-state index contributed by atoms with van der Waals surface area (Å²) in [6.45, 7) is 4.77. The lowest BCUT2D eigenvalue weighted by atomic mass is 9.99. The molecule has 0 saturated heterocycles. The highest BCUT2D eigenvalue weighted by atomic mass is 32.1. The van der Waals surface area contributed by atoms with E-state index in [0.29, 0.717) is 20.7 Å². The van der Waals surface area contributed by atoms with Crippen molar-refractivity contribution in [3.63, 3.8) is 0 Å². The number of aromatic nitrogens is 2. The molecule has 0 aliphatic carbocycles. The van der Waals surface area contributed by atoms with E-state index >= 15 is 0 Å². The molecule has 0 aliphatic heterocycles. The van der Waals surface area contributed by atoms with Crippen LogP contribution in [0.15, 0.2) is 11.1 Å². The number of carbonyl (C=O) groups excluding carboxylic acids is 1. The fourth-order valence-corrected chi connectivity index (χ4v) is 2.94. The van der Waals surface area contributed by atoms with E-state index in [1.54, 1.807) is 13.8 Å². The smallest absolute Gasteiger partial charge is 0.329 e. The molecule has 2 rings (SSSR count). The Labute approximate surface area is 124 Å². The Morgan fingerprint density at radius 2 is 2.19 bits per heavy atom. The molecule has 2 aromatic heterocycles. The molecule has 7 nitrogen and oxygen atoms in total. The minimum Gasteiger partial charge on any atom is -0.480 e. The summed E-state index contributed by atoms with van der Waals surface area (Å²) in [5, 5.41) is 12.1. The van der Waals surface area contributed by atoms with Crippen LogP contribution in [0, 0.1) is 6.92 Å². The Kier molecular flexibility index (Phi) is 3.82. The predicted octanol–water partition coefficient (Wildman–Crippen LogP) is 1.28. The van der Waals surface area contributed by atoms with Crippen LogP contribution >= 0.6 is 11.3 Å². The summed E-state index contributed by atoms with van der Waals surface area (Å²) in [7, 11) is 0. The number of amides is 1. The number of rotatable bonds is 4. The standard InChI is InChI=1S/C13H15N3O4S/c1-4-13(3,12(19)20)16-10(18)8-6(2)7-9(17)14-5-15-11(7)21-8/h5H,4H2,1-3H3,(H,16,18)(H,19,20)(H,14,15,17). The summed E-state index contributed by atoms with van der Waals surface area (Å²) >= 11 is 1.07. The minimum absolute atomic E-state index is 0.247. The maximum absolute atomic E-state index is 12.3. The van der Waals surface area contributed by atoms with Crippen molar-refractivity contribution in [3.05, 3.63) is 27.1 Å². The topological polar surface area (TPSA) is 112 Å². The van der Waals surface area contributed by atoms with Crippen LogP contribution in [0.25, 0.3) is 10.2 Å². The molecule has 0 fully saturated rings. The minimum atomic E-state index is -1.35. The fraction of sp³-hybridized carbons (Fsp3) is 0.385. The number of fused-ring (bicyclic) bond motifs is 1. The van der Waals surface area contributed by atoms with Gasteiger partial charge in [0.25, 0.3) is 11.5 Å². The van der Waals surface area contributed by atoms with Gasteiger partial charge in [-0.25, -0.2) is 9.78 Å². The zero-order valence-corrected chi connectivity index (χ0v) is 12.6. The monoisotopic (exact) mass is 309 g/mol. The lowest BCUT2D eigenvalue weighted by molar-refractivity contribution is -0.143. The van der Waals surface area contributed by atoms with Gasteiger partial charge in [-0.2, -0.15) is 0 Å². The van der Waals surface area contributed by atoms with E-state index in [2.05, 4.69) is 15.3 Å². The van der Waals surface area contributed by atoms with Gasteiger partial charge in [-0.3, -0.25) is 9.59 Å². The molecule has 2 aromatic rings. The maximum atomic E-state index is 12.3. The number of hydrogen-bond donors (Lipinski definition) is 3. The lowest BCUT2D eigenvalue weighted by Crippen LogP contribution is -2.51. The van der Waals surface area contributed by atoms with Crippen LogP contribution in [0.4, 0.5) is 0 Å². The van der Waals surface area contributed by atoms with Crippen LogP contribution in [-0.2, 0) is 4.79 Å². The third kappa shape index (κ3) is 2.54. The van der Waals surface area contributed by atoms with Crippen molar-refractivity contribution in [1.29, 1.82) is 0 Å². The molecule has 0 saturated carbocycles. The number of nitrogens with one attached hydrogen (secondary N) is 2. The average molecular weight is 309 g/mol. The molecule has 3 N–H and O–H groups in total. The first-order valence-corrected chi connectivity index (χ1v) is 7.14. The highest BCUT2D eigenvalue weighted by molar-refractivity contribution is 7.20. The number of nitrogens with zero attached hydrogens (tertiary/aromatic N) is 1. The Bertz CT molecular complexity index is 779. The molecule has 21 heavy (non-hydrogen) atoms. The number of aliphatic carboxylic acids is 1. The van der Waals surface area contributed by atoms with Gasteiger partial charge in [0.2, 0.25) is 0 Å². The summed E-state index contributed by atoms with van der Waals surface area (Å²) in [4.78, 5) is 42.6. The molecule has 1 atom stereocenters. The second-order valence-electron chi connectivity index (χ2n) is 4.91. The third-order valence-corrected chi connectivity index (χ3v) is 4.71. The lowest BCUT2D eigenvalue weighted by Gasteiger charge is -2.24. The van der Waals surface area contributed by atoms with E-state index in [1.165, 1.54) is 13.3 Å². The Morgan fingerprint density at radius 1 is 1.52 bits per heavy atom. The van der Waals surface area contributed by atoms with Gasteiger partial charge in [0.05, 0.1) is 16.6 Å². The predicted molar refractivity (Wildman–Crippen MR) is 78.8 cm³/mol. The summed E-state index contributed by atoms with van der Waals surface area (Å²) in [6, 6.07) is 0. The molecule has 1 unspecified atom stereocenters. The maximum Gasteiger partial charge on any atom is 0.329 e. The zero-order chi connectivity index (χ0) is 15.8. The highest BCUT2D eigenvalue weighted by Crippen LogP contribution is 2.27. The summed E-state index contributed by atoms with van der Waals surface area (Å²) < 4.78 is 0. The van der Waals surface area contributed by atoms with Crippen molar-refractivity contribution in [2.45, 2.75) is 32.7 Å². The summed E-state index contributed by atoms with van der Waals surface area (Å²) in [6.07, 6.45) is 1.52. The van der Waals surface area contributed by atoms with Crippen LogP contribution in [0.3, 0.4) is 0 Å². The largest absolute Gasteiger partial charge is 0.480 e. The molecule has 0 radical (unpaired) electrons. The molecule has 112 valence electrons. The van der Waals surface area contributed by atoms with Gasteiger partial charge in [0, 0.05) is 0 Å². The van der Waals surface area contributed by atoms with Crippen LogP contribution in [0.1, 0.15) is 35.5 Å². The van der Waals surface area contributed by atoms with Gasteiger partial charge in [-0.15, -0.1) is 11.3 Å². The number of carboxylic acids is 1. The van der Waals surface area contributed by atoms with Crippen LogP contribution in [-0.4, -0.2) is 32.5 Å². The quantitative estimate of drug-likeness (QED) is 0.787. The first-order chi connectivity index (χ1) is 9.80. The first kappa shape index (κ1) is 15.2. The van der Waals surface area contributed by atoms with E-state index in [-0.39, 0.29) is 12.0 Å². The number of aryl methyl sites for hydroxylation is 1. The van der Waals surface area contributed by atoms with Crippen LogP contribution in [0.5, 0.6) is 0 Å².